The van der Waals surface area contributed by atoms with Gasteiger partial charge >= 0.3 is 11.9 Å². The standard InChI is InChI=1S/C17H20O5/c1-2-17(9-3-4-10-17)22-15(19)12-21-16(20)14-7-5-13(11-18)6-8-14/h5-8,11H,2-4,9-10,12H2,1H3. The number of esters is 2. The van der Waals surface area contributed by atoms with E-state index >= 15 is 0 Å². The molecule has 118 valence electrons. The first-order valence-corrected chi connectivity index (χ1v) is 7.53. The minimum Gasteiger partial charge on any atom is -0.457 e. The van der Waals surface area contributed by atoms with Gasteiger partial charge in [0.2, 0.25) is 0 Å². The summed E-state index contributed by atoms with van der Waals surface area (Å²) in [6.07, 6.45) is 5.33. The highest BCUT2D eigenvalue weighted by Gasteiger charge is 2.35. The molecular weight excluding hydrogens is 284 g/mol. The molecule has 2 rings (SSSR count). The van der Waals surface area contributed by atoms with Crippen LogP contribution in [0.4, 0.5) is 0 Å². The maximum atomic E-state index is 11.9. The first-order chi connectivity index (χ1) is 10.6. The van der Waals surface area contributed by atoms with Crippen LogP contribution in [0.1, 0.15) is 59.7 Å². The molecule has 22 heavy (non-hydrogen) atoms. The highest BCUT2D eigenvalue weighted by molar-refractivity contribution is 5.91. The average Bonchev–Trinajstić information content (AvgIpc) is 3.01. The number of rotatable bonds is 6. The number of hydrogen-bond acceptors (Lipinski definition) is 5. The molecule has 0 heterocycles. The van der Waals surface area contributed by atoms with Crippen molar-refractivity contribution in [1.82, 2.24) is 0 Å². The Labute approximate surface area is 129 Å². The summed E-state index contributed by atoms with van der Waals surface area (Å²) < 4.78 is 10.5. The van der Waals surface area contributed by atoms with Gasteiger partial charge in [-0.3, -0.25) is 4.79 Å². The predicted molar refractivity (Wildman–Crippen MR) is 79.7 cm³/mol. The van der Waals surface area contributed by atoms with E-state index in [0.717, 1.165) is 32.1 Å². The fourth-order valence-electron chi connectivity index (χ4n) is 2.72. The Balaban J connectivity index is 1.84. The van der Waals surface area contributed by atoms with E-state index in [1.807, 2.05) is 6.92 Å². The van der Waals surface area contributed by atoms with E-state index in [-0.39, 0.29) is 5.60 Å². The molecule has 0 saturated heterocycles. The zero-order valence-electron chi connectivity index (χ0n) is 12.7. The molecule has 0 spiro atoms. The number of carbonyl (C=O) groups excluding carboxylic acids is 3. The van der Waals surface area contributed by atoms with Crippen LogP contribution >= 0.6 is 0 Å². The lowest BCUT2D eigenvalue weighted by Gasteiger charge is -2.27. The third-order valence-corrected chi connectivity index (χ3v) is 4.09. The Kier molecular flexibility index (Phi) is 5.31. The molecule has 1 aromatic carbocycles. The molecule has 0 unspecified atom stereocenters. The summed E-state index contributed by atoms with van der Waals surface area (Å²) in [6, 6.07) is 6.02. The average molecular weight is 304 g/mol. The van der Waals surface area contributed by atoms with Crippen molar-refractivity contribution in [2.24, 2.45) is 0 Å². The minimum absolute atomic E-state index is 0.296. The van der Waals surface area contributed by atoms with Gasteiger partial charge in [0.25, 0.3) is 0 Å². The largest absolute Gasteiger partial charge is 0.457 e. The third-order valence-electron chi connectivity index (χ3n) is 4.09. The van der Waals surface area contributed by atoms with Crippen LogP contribution in [-0.4, -0.2) is 30.4 Å². The SMILES string of the molecule is CCC1(OC(=O)COC(=O)c2ccc(C=O)cc2)CCCC1. The summed E-state index contributed by atoms with van der Waals surface area (Å²) in [5.41, 5.74) is 0.390. The fourth-order valence-corrected chi connectivity index (χ4v) is 2.72. The van der Waals surface area contributed by atoms with Gasteiger partial charge in [-0.25, -0.2) is 9.59 Å². The van der Waals surface area contributed by atoms with E-state index in [1.54, 1.807) is 0 Å². The summed E-state index contributed by atoms with van der Waals surface area (Å²) in [7, 11) is 0. The van der Waals surface area contributed by atoms with Crippen LogP contribution in [0.15, 0.2) is 24.3 Å². The second-order valence-electron chi connectivity index (χ2n) is 5.53. The van der Waals surface area contributed by atoms with Crippen molar-refractivity contribution in [3.63, 3.8) is 0 Å². The second kappa shape index (κ2) is 7.20. The lowest BCUT2D eigenvalue weighted by molar-refractivity contribution is -0.163. The van der Waals surface area contributed by atoms with Crippen molar-refractivity contribution >= 4 is 18.2 Å². The second-order valence-corrected chi connectivity index (χ2v) is 5.53. The number of carbonyl (C=O) groups is 3. The van der Waals surface area contributed by atoms with Gasteiger partial charge in [0.1, 0.15) is 11.9 Å². The summed E-state index contributed by atoms with van der Waals surface area (Å²) in [4.78, 5) is 34.2. The summed E-state index contributed by atoms with van der Waals surface area (Å²) in [6.45, 7) is 1.61. The van der Waals surface area contributed by atoms with Crippen LogP contribution in [0, 0.1) is 0 Å². The van der Waals surface area contributed by atoms with Crippen LogP contribution in [0.3, 0.4) is 0 Å². The first-order valence-electron chi connectivity index (χ1n) is 7.53. The monoisotopic (exact) mass is 304 g/mol. The number of benzene rings is 1. The van der Waals surface area contributed by atoms with Gasteiger partial charge in [-0.1, -0.05) is 19.1 Å². The molecular formula is C17H20O5. The van der Waals surface area contributed by atoms with Crippen molar-refractivity contribution in [3.8, 4) is 0 Å². The third kappa shape index (κ3) is 3.93. The van der Waals surface area contributed by atoms with Gasteiger partial charge in [-0.05, 0) is 44.2 Å². The molecule has 0 bridgehead atoms. The van der Waals surface area contributed by atoms with Crippen LogP contribution in [0.5, 0.6) is 0 Å². The van der Waals surface area contributed by atoms with E-state index in [0.29, 0.717) is 17.4 Å². The predicted octanol–water partition coefficient (Wildman–Crippen LogP) is 2.92. The number of ether oxygens (including phenoxy) is 2. The van der Waals surface area contributed by atoms with Crippen molar-refractivity contribution in [3.05, 3.63) is 35.4 Å². The van der Waals surface area contributed by atoms with Crippen LogP contribution in [0.2, 0.25) is 0 Å². The van der Waals surface area contributed by atoms with E-state index in [1.165, 1.54) is 24.3 Å². The van der Waals surface area contributed by atoms with Gasteiger partial charge in [-0.2, -0.15) is 0 Å². The molecule has 0 amide bonds. The molecule has 1 aliphatic rings. The Morgan fingerprint density at radius 3 is 2.36 bits per heavy atom. The van der Waals surface area contributed by atoms with Gasteiger partial charge in [0, 0.05) is 5.56 Å². The maximum absolute atomic E-state index is 11.9. The number of aldehydes is 1. The zero-order chi connectivity index (χ0) is 16.0. The first kappa shape index (κ1) is 16.2. The van der Waals surface area contributed by atoms with Crippen molar-refractivity contribution < 1.29 is 23.9 Å². The highest BCUT2D eigenvalue weighted by Crippen LogP contribution is 2.35. The molecule has 1 saturated carbocycles. The molecule has 0 aliphatic heterocycles. The summed E-state index contributed by atoms with van der Waals surface area (Å²) in [5, 5.41) is 0. The molecule has 1 aliphatic carbocycles. The van der Waals surface area contributed by atoms with Crippen LogP contribution in [0.25, 0.3) is 0 Å². The fraction of sp³-hybridized carbons (Fsp3) is 0.471. The topological polar surface area (TPSA) is 69.7 Å². The molecule has 0 aromatic heterocycles. The van der Waals surface area contributed by atoms with Crippen LogP contribution < -0.4 is 0 Å². The van der Waals surface area contributed by atoms with Crippen molar-refractivity contribution in [1.29, 1.82) is 0 Å². The van der Waals surface area contributed by atoms with Gasteiger partial charge in [0.15, 0.2) is 6.61 Å². The smallest absolute Gasteiger partial charge is 0.344 e. The Morgan fingerprint density at radius 2 is 1.82 bits per heavy atom. The lowest BCUT2D eigenvalue weighted by Crippen LogP contribution is -2.33. The molecule has 1 fully saturated rings. The Hall–Kier alpha value is -2.17. The number of hydrogen-bond donors (Lipinski definition) is 0. The maximum Gasteiger partial charge on any atom is 0.344 e. The van der Waals surface area contributed by atoms with Crippen LogP contribution in [-0.2, 0) is 14.3 Å². The molecule has 0 atom stereocenters. The zero-order valence-corrected chi connectivity index (χ0v) is 12.7. The minimum atomic E-state index is -0.605. The highest BCUT2D eigenvalue weighted by atomic mass is 16.6. The Bertz CT molecular complexity index is 541. The van der Waals surface area contributed by atoms with E-state index in [9.17, 15) is 14.4 Å². The molecule has 5 heteroatoms. The molecule has 5 nitrogen and oxygen atoms in total. The quantitative estimate of drug-likeness (QED) is 0.597. The molecule has 0 radical (unpaired) electrons. The van der Waals surface area contributed by atoms with Gasteiger partial charge in [0.05, 0.1) is 5.56 Å². The Morgan fingerprint density at radius 1 is 1.18 bits per heavy atom. The van der Waals surface area contributed by atoms with E-state index < -0.39 is 18.5 Å². The van der Waals surface area contributed by atoms with Gasteiger partial charge in [-0.15, -0.1) is 0 Å². The lowest BCUT2D eigenvalue weighted by atomic mass is 9.99. The summed E-state index contributed by atoms with van der Waals surface area (Å²) in [5.74, 6) is -1.12. The van der Waals surface area contributed by atoms with Crippen molar-refractivity contribution in [2.75, 3.05) is 6.61 Å². The molecule has 0 N–H and O–H groups in total. The van der Waals surface area contributed by atoms with Gasteiger partial charge < -0.3 is 9.47 Å². The molecule has 1 aromatic rings. The normalized spacial score (nSPS) is 16.0. The van der Waals surface area contributed by atoms with Crippen molar-refractivity contribution in [2.45, 2.75) is 44.6 Å². The van der Waals surface area contributed by atoms with E-state index in [2.05, 4.69) is 0 Å². The van der Waals surface area contributed by atoms with E-state index in [4.69, 9.17) is 9.47 Å². The summed E-state index contributed by atoms with van der Waals surface area (Å²) >= 11 is 0.